The maximum atomic E-state index is 5.95. The molecule has 0 amide bonds. The van der Waals surface area contributed by atoms with Crippen molar-refractivity contribution in [2.45, 2.75) is 13.3 Å². The first-order valence-corrected chi connectivity index (χ1v) is 6.18. The Morgan fingerprint density at radius 1 is 1.35 bits per heavy atom. The Bertz CT molecular complexity index is 485. The van der Waals surface area contributed by atoms with Crippen molar-refractivity contribution >= 4 is 34.2 Å². The molecule has 1 unspecified atom stereocenters. The minimum absolute atomic E-state index is 0.423. The Balaban J connectivity index is 2.25. The van der Waals surface area contributed by atoms with E-state index in [4.69, 9.17) is 27.9 Å². The highest BCUT2D eigenvalue weighted by molar-refractivity contribution is 6.42. The number of H-pyrrole nitrogens is 1. The van der Waals surface area contributed by atoms with Crippen molar-refractivity contribution in [3.05, 3.63) is 28.0 Å². The number of aromatic amines is 1. The molecule has 1 aromatic heterocycles. The zero-order valence-corrected chi connectivity index (χ0v) is 11.3. The number of methoxy groups -OCH3 is 1. The number of rotatable bonds is 4. The fraction of sp³-hybridized carbons (Fsp3) is 0.417. The lowest BCUT2D eigenvalue weighted by Crippen LogP contribution is -2.07. The lowest BCUT2D eigenvalue weighted by molar-refractivity contribution is 0.159. The Hall–Kier alpha value is -0.770. The Morgan fingerprint density at radius 2 is 2.06 bits per heavy atom. The van der Waals surface area contributed by atoms with Crippen LogP contribution in [0, 0.1) is 5.92 Å². The van der Waals surface area contributed by atoms with Gasteiger partial charge in [0.15, 0.2) is 0 Å². The molecule has 0 fully saturated rings. The van der Waals surface area contributed by atoms with Gasteiger partial charge in [-0.3, -0.25) is 0 Å². The van der Waals surface area contributed by atoms with Crippen molar-refractivity contribution in [2.24, 2.45) is 5.92 Å². The van der Waals surface area contributed by atoms with Gasteiger partial charge in [-0.05, 0) is 18.1 Å². The first kappa shape index (κ1) is 12.7. The standard InChI is InChI=1S/C12H14Cl2N2O/c1-7(6-17-2)3-12-15-10-4-8(13)9(14)5-11(10)16-12/h4-5,7H,3,6H2,1-2H3,(H,15,16). The molecule has 17 heavy (non-hydrogen) atoms. The summed E-state index contributed by atoms with van der Waals surface area (Å²) in [6.07, 6.45) is 0.845. The quantitative estimate of drug-likeness (QED) is 0.922. The van der Waals surface area contributed by atoms with E-state index in [-0.39, 0.29) is 0 Å². The van der Waals surface area contributed by atoms with Crippen molar-refractivity contribution in [2.75, 3.05) is 13.7 Å². The third-order valence-electron chi connectivity index (χ3n) is 2.57. The number of imidazole rings is 1. The molecule has 1 heterocycles. The molecule has 5 heteroatoms. The summed E-state index contributed by atoms with van der Waals surface area (Å²) in [4.78, 5) is 7.73. The number of fused-ring (bicyclic) bond motifs is 1. The van der Waals surface area contributed by atoms with E-state index < -0.39 is 0 Å². The van der Waals surface area contributed by atoms with E-state index in [1.807, 2.05) is 0 Å². The van der Waals surface area contributed by atoms with Crippen molar-refractivity contribution in [3.8, 4) is 0 Å². The summed E-state index contributed by atoms with van der Waals surface area (Å²) in [7, 11) is 1.70. The summed E-state index contributed by atoms with van der Waals surface area (Å²) in [5.74, 6) is 1.36. The molecule has 0 saturated heterocycles. The fourth-order valence-corrected chi connectivity index (χ4v) is 2.15. The Labute approximate surface area is 110 Å². The van der Waals surface area contributed by atoms with E-state index in [1.165, 1.54) is 0 Å². The predicted molar refractivity (Wildman–Crippen MR) is 70.9 cm³/mol. The van der Waals surface area contributed by atoms with Gasteiger partial charge in [0.1, 0.15) is 5.82 Å². The number of nitrogens with one attached hydrogen (secondary N) is 1. The van der Waals surface area contributed by atoms with Crippen LogP contribution in [0.3, 0.4) is 0 Å². The summed E-state index contributed by atoms with van der Waals surface area (Å²) < 4.78 is 5.10. The molecule has 1 aromatic carbocycles. The molecule has 0 saturated carbocycles. The minimum atomic E-state index is 0.423. The highest BCUT2D eigenvalue weighted by Crippen LogP contribution is 2.26. The SMILES string of the molecule is COCC(C)Cc1nc2cc(Cl)c(Cl)cc2[nH]1. The van der Waals surface area contributed by atoms with E-state index in [9.17, 15) is 0 Å². The molecule has 1 N–H and O–H groups in total. The van der Waals surface area contributed by atoms with Crippen molar-refractivity contribution in [1.82, 2.24) is 9.97 Å². The monoisotopic (exact) mass is 272 g/mol. The zero-order valence-electron chi connectivity index (χ0n) is 9.76. The smallest absolute Gasteiger partial charge is 0.107 e. The van der Waals surface area contributed by atoms with Gasteiger partial charge in [-0.15, -0.1) is 0 Å². The molecular formula is C12H14Cl2N2O. The van der Waals surface area contributed by atoms with Crippen molar-refractivity contribution in [1.29, 1.82) is 0 Å². The van der Waals surface area contributed by atoms with Crippen LogP contribution >= 0.6 is 23.2 Å². The number of halogens is 2. The molecule has 0 radical (unpaired) electrons. The average Bonchev–Trinajstić information content (AvgIpc) is 2.60. The Kier molecular flexibility index (Phi) is 3.92. The fourth-order valence-electron chi connectivity index (χ4n) is 1.83. The molecule has 0 aliphatic rings. The van der Waals surface area contributed by atoms with Crippen molar-refractivity contribution < 1.29 is 4.74 Å². The van der Waals surface area contributed by atoms with Crippen LogP contribution in [0.2, 0.25) is 10.0 Å². The van der Waals surface area contributed by atoms with Gasteiger partial charge in [0.05, 0.1) is 21.1 Å². The highest BCUT2D eigenvalue weighted by Gasteiger charge is 2.09. The summed E-state index contributed by atoms with van der Waals surface area (Å²) >= 11 is 11.9. The van der Waals surface area contributed by atoms with Gasteiger partial charge in [-0.25, -0.2) is 4.98 Å². The second-order valence-electron chi connectivity index (χ2n) is 4.23. The minimum Gasteiger partial charge on any atom is -0.384 e. The molecule has 3 nitrogen and oxygen atoms in total. The third-order valence-corrected chi connectivity index (χ3v) is 3.29. The van der Waals surface area contributed by atoms with Crippen LogP contribution in [0.4, 0.5) is 0 Å². The van der Waals surface area contributed by atoms with E-state index in [0.717, 1.165) is 29.9 Å². The number of aromatic nitrogens is 2. The zero-order chi connectivity index (χ0) is 12.4. The lowest BCUT2D eigenvalue weighted by atomic mass is 10.1. The van der Waals surface area contributed by atoms with Gasteiger partial charge >= 0.3 is 0 Å². The van der Waals surface area contributed by atoms with Crippen LogP contribution in [-0.2, 0) is 11.2 Å². The van der Waals surface area contributed by atoms with Crippen LogP contribution in [-0.4, -0.2) is 23.7 Å². The second-order valence-corrected chi connectivity index (χ2v) is 5.05. The van der Waals surface area contributed by atoms with Gasteiger partial charge in [-0.1, -0.05) is 30.1 Å². The largest absolute Gasteiger partial charge is 0.384 e. The second kappa shape index (κ2) is 5.25. The van der Waals surface area contributed by atoms with Crippen LogP contribution < -0.4 is 0 Å². The van der Waals surface area contributed by atoms with Crippen molar-refractivity contribution in [3.63, 3.8) is 0 Å². The van der Waals surface area contributed by atoms with Crippen LogP contribution in [0.5, 0.6) is 0 Å². The van der Waals surface area contributed by atoms with Gasteiger partial charge in [0, 0.05) is 20.1 Å². The van der Waals surface area contributed by atoms with E-state index >= 15 is 0 Å². The maximum absolute atomic E-state index is 5.95. The summed E-state index contributed by atoms with van der Waals surface area (Å²) in [5.41, 5.74) is 1.76. The van der Waals surface area contributed by atoms with Gasteiger partial charge in [0.25, 0.3) is 0 Å². The van der Waals surface area contributed by atoms with Gasteiger partial charge < -0.3 is 9.72 Å². The molecule has 92 valence electrons. The molecule has 0 bridgehead atoms. The highest BCUT2D eigenvalue weighted by atomic mass is 35.5. The number of ether oxygens (including phenoxy) is 1. The molecule has 2 aromatic rings. The lowest BCUT2D eigenvalue weighted by Gasteiger charge is -2.06. The molecule has 2 rings (SSSR count). The summed E-state index contributed by atoms with van der Waals surface area (Å²) in [6, 6.07) is 3.58. The average molecular weight is 273 g/mol. The first-order chi connectivity index (χ1) is 8.10. The predicted octanol–water partition coefficient (Wildman–Crippen LogP) is 3.69. The number of nitrogens with zero attached hydrogens (tertiary/aromatic N) is 1. The maximum Gasteiger partial charge on any atom is 0.107 e. The normalized spacial score (nSPS) is 13.2. The van der Waals surface area contributed by atoms with Gasteiger partial charge in [0.2, 0.25) is 0 Å². The molecule has 0 spiro atoms. The number of benzene rings is 1. The topological polar surface area (TPSA) is 37.9 Å². The van der Waals surface area contributed by atoms with E-state index in [0.29, 0.717) is 16.0 Å². The molecule has 0 aliphatic carbocycles. The van der Waals surface area contributed by atoms with Crippen LogP contribution in [0.25, 0.3) is 11.0 Å². The van der Waals surface area contributed by atoms with E-state index in [1.54, 1.807) is 19.2 Å². The Morgan fingerprint density at radius 3 is 2.76 bits per heavy atom. The summed E-state index contributed by atoms with van der Waals surface area (Å²) in [6.45, 7) is 2.84. The summed E-state index contributed by atoms with van der Waals surface area (Å²) in [5, 5.41) is 1.07. The molecule has 0 aliphatic heterocycles. The van der Waals surface area contributed by atoms with Crippen LogP contribution in [0.15, 0.2) is 12.1 Å². The molecular weight excluding hydrogens is 259 g/mol. The third kappa shape index (κ3) is 2.92. The van der Waals surface area contributed by atoms with Crippen LogP contribution in [0.1, 0.15) is 12.7 Å². The van der Waals surface area contributed by atoms with E-state index in [2.05, 4.69) is 16.9 Å². The number of hydrogen-bond donors (Lipinski definition) is 1. The first-order valence-electron chi connectivity index (χ1n) is 5.42. The molecule has 1 atom stereocenters. The number of hydrogen-bond acceptors (Lipinski definition) is 2. The van der Waals surface area contributed by atoms with Gasteiger partial charge in [-0.2, -0.15) is 0 Å².